The standard InChI is InChI=1S/C16H27N3/c1-4-18(5-2)16-8-6-15(7-9-16)14(3)19-12-10-17-11-13-19/h6-9,14,17H,4-5,10-13H2,1-3H3/t14-/m1/s1. The first-order valence-corrected chi connectivity index (χ1v) is 7.56. The molecule has 0 spiro atoms. The van der Waals surface area contributed by atoms with Crippen LogP contribution >= 0.6 is 0 Å². The summed E-state index contributed by atoms with van der Waals surface area (Å²) in [5, 5.41) is 3.41. The van der Waals surface area contributed by atoms with Crippen LogP contribution in [-0.4, -0.2) is 44.2 Å². The molecule has 0 aromatic heterocycles. The number of piperazine rings is 1. The molecule has 3 heteroatoms. The molecule has 0 amide bonds. The predicted molar refractivity (Wildman–Crippen MR) is 82.9 cm³/mol. The number of nitrogens with zero attached hydrogens (tertiary/aromatic N) is 2. The molecular weight excluding hydrogens is 234 g/mol. The number of anilines is 1. The topological polar surface area (TPSA) is 18.5 Å². The Morgan fingerprint density at radius 3 is 2.21 bits per heavy atom. The van der Waals surface area contributed by atoms with Gasteiger partial charge in [0.25, 0.3) is 0 Å². The molecule has 1 aliphatic rings. The molecular formula is C16H27N3. The van der Waals surface area contributed by atoms with Crippen LogP contribution in [0, 0.1) is 0 Å². The Kier molecular flexibility index (Phi) is 5.23. The molecule has 1 heterocycles. The van der Waals surface area contributed by atoms with Crippen LogP contribution in [0.1, 0.15) is 32.4 Å². The van der Waals surface area contributed by atoms with Crippen molar-refractivity contribution < 1.29 is 0 Å². The second-order valence-electron chi connectivity index (χ2n) is 5.23. The van der Waals surface area contributed by atoms with E-state index in [-0.39, 0.29) is 0 Å². The van der Waals surface area contributed by atoms with Crippen molar-refractivity contribution in [1.29, 1.82) is 0 Å². The van der Waals surface area contributed by atoms with E-state index in [9.17, 15) is 0 Å². The van der Waals surface area contributed by atoms with Crippen molar-refractivity contribution in [3.8, 4) is 0 Å². The van der Waals surface area contributed by atoms with E-state index in [1.165, 1.54) is 11.3 Å². The smallest absolute Gasteiger partial charge is 0.0366 e. The van der Waals surface area contributed by atoms with Crippen molar-refractivity contribution >= 4 is 5.69 Å². The highest BCUT2D eigenvalue weighted by molar-refractivity contribution is 5.47. The van der Waals surface area contributed by atoms with Gasteiger partial charge in [0.15, 0.2) is 0 Å². The number of hydrogen-bond acceptors (Lipinski definition) is 3. The summed E-state index contributed by atoms with van der Waals surface area (Å²) in [4.78, 5) is 4.95. The van der Waals surface area contributed by atoms with Crippen LogP contribution in [0.25, 0.3) is 0 Å². The Balaban J connectivity index is 2.04. The van der Waals surface area contributed by atoms with E-state index >= 15 is 0 Å². The van der Waals surface area contributed by atoms with Gasteiger partial charge in [-0.1, -0.05) is 12.1 Å². The number of rotatable bonds is 5. The summed E-state index contributed by atoms with van der Waals surface area (Å²) in [5.74, 6) is 0. The van der Waals surface area contributed by atoms with Gasteiger partial charge in [-0.15, -0.1) is 0 Å². The molecule has 0 saturated carbocycles. The van der Waals surface area contributed by atoms with Crippen LogP contribution in [-0.2, 0) is 0 Å². The van der Waals surface area contributed by atoms with Gasteiger partial charge in [-0.3, -0.25) is 4.90 Å². The molecule has 0 aliphatic carbocycles. The Morgan fingerprint density at radius 2 is 1.68 bits per heavy atom. The fourth-order valence-electron chi connectivity index (χ4n) is 2.83. The van der Waals surface area contributed by atoms with E-state index in [4.69, 9.17) is 0 Å². The molecule has 2 rings (SSSR count). The van der Waals surface area contributed by atoms with Crippen molar-refractivity contribution in [2.24, 2.45) is 0 Å². The first-order chi connectivity index (χ1) is 9.26. The lowest BCUT2D eigenvalue weighted by atomic mass is 10.1. The first kappa shape index (κ1) is 14.4. The van der Waals surface area contributed by atoms with Crippen molar-refractivity contribution in [1.82, 2.24) is 10.2 Å². The lowest BCUT2D eigenvalue weighted by Crippen LogP contribution is -2.44. The summed E-state index contributed by atoms with van der Waals surface area (Å²) in [5.41, 5.74) is 2.76. The molecule has 1 fully saturated rings. The van der Waals surface area contributed by atoms with Gasteiger partial charge in [0.1, 0.15) is 0 Å². The molecule has 106 valence electrons. The van der Waals surface area contributed by atoms with Crippen molar-refractivity contribution in [3.63, 3.8) is 0 Å². The maximum absolute atomic E-state index is 3.41. The zero-order valence-corrected chi connectivity index (χ0v) is 12.5. The molecule has 1 saturated heterocycles. The molecule has 1 aromatic rings. The van der Waals surface area contributed by atoms with Crippen molar-refractivity contribution in [2.45, 2.75) is 26.8 Å². The van der Waals surface area contributed by atoms with Crippen molar-refractivity contribution in [3.05, 3.63) is 29.8 Å². The average molecular weight is 261 g/mol. The lowest BCUT2D eigenvalue weighted by molar-refractivity contribution is 0.185. The Labute approximate surface area is 117 Å². The van der Waals surface area contributed by atoms with Crippen LogP contribution in [0.4, 0.5) is 5.69 Å². The van der Waals surface area contributed by atoms with Gasteiger partial charge < -0.3 is 10.2 Å². The third-order valence-corrected chi connectivity index (χ3v) is 4.20. The van der Waals surface area contributed by atoms with Crippen molar-refractivity contribution in [2.75, 3.05) is 44.2 Å². The van der Waals surface area contributed by atoms with Gasteiger partial charge in [0, 0.05) is 51.0 Å². The van der Waals surface area contributed by atoms with E-state index in [0.29, 0.717) is 6.04 Å². The van der Waals surface area contributed by atoms with E-state index in [1.807, 2.05) is 0 Å². The van der Waals surface area contributed by atoms with E-state index in [1.54, 1.807) is 0 Å². The monoisotopic (exact) mass is 261 g/mol. The number of hydrogen-bond donors (Lipinski definition) is 1. The second kappa shape index (κ2) is 6.92. The number of nitrogens with one attached hydrogen (secondary N) is 1. The zero-order valence-electron chi connectivity index (χ0n) is 12.5. The van der Waals surface area contributed by atoms with Crippen LogP contribution < -0.4 is 10.2 Å². The van der Waals surface area contributed by atoms with E-state index in [0.717, 1.165) is 39.3 Å². The largest absolute Gasteiger partial charge is 0.372 e. The molecule has 1 N–H and O–H groups in total. The molecule has 1 atom stereocenters. The normalized spacial score (nSPS) is 18.3. The third-order valence-electron chi connectivity index (χ3n) is 4.20. The van der Waals surface area contributed by atoms with Gasteiger partial charge in [0.05, 0.1) is 0 Å². The summed E-state index contributed by atoms with van der Waals surface area (Å²) < 4.78 is 0. The van der Waals surface area contributed by atoms with E-state index in [2.05, 4.69) is 60.2 Å². The minimum atomic E-state index is 0.521. The molecule has 3 nitrogen and oxygen atoms in total. The fraction of sp³-hybridized carbons (Fsp3) is 0.625. The van der Waals surface area contributed by atoms with Gasteiger partial charge >= 0.3 is 0 Å². The van der Waals surface area contributed by atoms with E-state index < -0.39 is 0 Å². The van der Waals surface area contributed by atoms with Gasteiger partial charge in [0.2, 0.25) is 0 Å². The summed E-state index contributed by atoms with van der Waals surface area (Å²) >= 11 is 0. The zero-order chi connectivity index (χ0) is 13.7. The molecule has 1 aliphatic heterocycles. The molecule has 0 radical (unpaired) electrons. The average Bonchev–Trinajstić information content (AvgIpc) is 2.49. The minimum absolute atomic E-state index is 0.521. The van der Waals surface area contributed by atoms with Gasteiger partial charge in [-0.05, 0) is 38.5 Å². The molecule has 0 unspecified atom stereocenters. The minimum Gasteiger partial charge on any atom is -0.372 e. The predicted octanol–water partition coefficient (Wildman–Crippen LogP) is 2.50. The summed E-state index contributed by atoms with van der Waals surface area (Å²) in [6.07, 6.45) is 0. The Morgan fingerprint density at radius 1 is 1.11 bits per heavy atom. The van der Waals surface area contributed by atoms with Crippen LogP contribution in [0.15, 0.2) is 24.3 Å². The van der Waals surface area contributed by atoms with Crippen LogP contribution in [0.3, 0.4) is 0 Å². The highest BCUT2D eigenvalue weighted by Gasteiger charge is 2.17. The number of benzene rings is 1. The lowest BCUT2D eigenvalue weighted by Gasteiger charge is -2.33. The summed E-state index contributed by atoms with van der Waals surface area (Å²) in [6, 6.07) is 9.64. The van der Waals surface area contributed by atoms with Gasteiger partial charge in [-0.2, -0.15) is 0 Å². The fourth-order valence-corrected chi connectivity index (χ4v) is 2.83. The molecule has 1 aromatic carbocycles. The van der Waals surface area contributed by atoms with Crippen LogP contribution in [0.5, 0.6) is 0 Å². The highest BCUT2D eigenvalue weighted by atomic mass is 15.2. The first-order valence-electron chi connectivity index (χ1n) is 7.56. The quantitative estimate of drug-likeness (QED) is 0.878. The Hall–Kier alpha value is -1.06. The molecule has 0 bridgehead atoms. The third kappa shape index (κ3) is 3.48. The maximum atomic E-state index is 3.41. The Bertz CT molecular complexity index is 364. The van der Waals surface area contributed by atoms with Crippen LogP contribution in [0.2, 0.25) is 0 Å². The summed E-state index contributed by atoms with van der Waals surface area (Å²) in [7, 11) is 0. The highest BCUT2D eigenvalue weighted by Crippen LogP contribution is 2.23. The second-order valence-corrected chi connectivity index (χ2v) is 5.23. The van der Waals surface area contributed by atoms with Gasteiger partial charge in [-0.25, -0.2) is 0 Å². The maximum Gasteiger partial charge on any atom is 0.0366 e. The summed E-state index contributed by atoms with van der Waals surface area (Å²) in [6.45, 7) is 13.4. The molecule has 19 heavy (non-hydrogen) atoms. The SMILES string of the molecule is CCN(CC)c1ccc([C@@H](C)N2CCNCC2)cc1.